The van der Waals surface area contributed by atoms with Gasteiger partial charge in [-0.2, -0.15) is 0 Å². The molecule has 0 saturated heterocycles. The van der Waals surface area contributed by atoms with E-state index < -0.39 is 6.10 Å². The van der Waals surface area contributed by atoms with Crippen molar-refractivity contribution in [2.75, 3.05) is 6.54 Å². The zero-order chi connectivity index (χ0) is 16.9. The van der Waals surface area contributed by atoms with E-state index in [1.54, 1.807) is 24.3 Å². The second kappa shape index (κ2) is 7.47. The van der Waals surface area contributed by atoms with E-state index in [0.717, 1.165) is 5.56 Å². The first kappa shape index (κ1) is 16.5. The second-order valence-corrected chi connectivity index (χ2v) is 5.90. The highest BCUT2D eigenvalue weighted by atomic mass is 35.5. The first-order valence-corrected chi connectivity index (χ1v) is 8.01. The average molecular weight is 345 g/mol. The molecule has 0 radical (unpaired) electrons. The van der Waals surface area contributed by atoms with Gasteiger partial charge in [-0.25, -0.2) is 0 Å². The quantitative estimate of drug-likeness (QED) is 0.875. The maximum Gasteiger partial charge on any atom is 0.269 e. The topological polar surface area (TPSA) is 70.9 Å². The van der Waals surface area contributed by atoms with Gasteiger partial charge in [-0.15, -0.1) is 0 Å². The molecule has 1 amide bonds. The Bertz CT molecular complexity index is 749. The van der Waals surface area contributed by atoms with E-state index in [1.165, 1.54) is 0 Å². The van der Waals surface area contributed by atoms with Crippen molar-refractivity contribution < 1.29 is 14.7 Å². The van der Waals surface area contributed by atoms with Gasteiger partial charge in [0.1, 0.15) is 5.71 Å². The molecule has 2 aromatic carbocycles. The van der Waals surface area contributed by atoms with Crippen LogP contribution in [0.1, 0.15) is 29.8 Å². The molecular formula is C18H17ClN2O3. The van der Waals surface area contributed by atoms with Crippen LogP contribution in [-0.4, -0.2) is 23.3 Å². The van der Waals surface area contributed by atoms with Gasteiger partial charge >= 0.3 is 0 Å². The molecule has 0 unspecified atom stereocenters. The van der Waals surface area contributed by atoms with Crippen molar-refractivity contribution in [1.82, 2.24) is 5.32 Å². The highest BCUT2D eigenvalue weighted by molar-refractivity contribution is 6.39. The molecule has 3 rings (SSSR count). The number of carbonyl (C=O) groups excluding carboxylic acids is 1. The minimum absolute atomic E-state index is 0.0532. The minimum Gasteiger partial charge on any atom is -0.387 e. The molecule has 1 heterocycles. The molecule has 0 saturated carbocycles. The molecule has 1 aliphatic rings. The average Bonchev–Trinajstić information content (AvgIpc) is 3.11. The number of carbonyl (C=O) groups is 1. The number of halogens is 1. The molecule has 1 aliphatic heterocycles. The van der Waals surface area contributed by atoms with Gasteiger partial charge in [-0.3, -0.25) is 4.79 Å². The van der Waals surface area contributed by atoms with E-state index in [2.05, 4.69) is 10.5 Å². The first-order chi connectivity index (χ1) is 11.6. The number of benzene rings is 2. The lowest BCUT2D eigenvalue weighted by atomic mass is 10.0. The fourth-order valence-electron chi connectivity index (χ4n) is 2.50. The maximum absolute atomic E-state index is 12.2. The third-order valence-electron chi connectivity index (χ3n) is 3.82. The number of nitrogens with zero attached hydrogens (tertiary/aromatic N) is 1. The Kier molecular flexibility index (Phi) is 5.13. The molecule has 0 spiro atoms. The molecule has 0 fully saturated rings. The van der Waals surface area contributed by atoms with Crippen molar-refractivity contribution >= 4 is 23.2 Å². The van der Waals surface area contributed by atoms with Gasteiger partial charge in [0.25, 0.3) is 5.91 Å². The van der Waals surface area contributed by atoms with Crippen LogP contribution in [0.5, 0.6) is 0 Å². The van der Waals surface area contributed by atoms with Gasteiger partial charge in [-0.1, -0.05) is 65.3 Å². The van der Waals surface area contributed by atoms with Gasteiger partial charge < -0.3 is 15.3 Å². The number of rotatable bonds is 5. The molecule has 2 N–H and O–H groups in total. The fraction of sp³-hybridized carbons (Fsp3) is 0.222. The van der Waals surface area contributed by atoms with Crippen LogP contribution in [0.2, 0.25) is 5.02 Å². The van der Waals surface area contributed by atoms with Crippen molar-refractivity contribution in [2.24, 2.45) is 5.16 Å². The van der Waals surface area contributed by atoms with Crippen LogP contribution < -0.4 is 5.32 Å². The van der Waals surface area contributed by atoms with E-state index in [0.29, 0.717) is 22.7 Å². The van der Waals surface area contributed by atoms with E-state index in [-0.39, 0.29) is 18.6 Å². The Morgan fingerprint density at radius 2 is 1.96 bits per heavy atom. The molecule has 5 nitrogen and oxygen atoms in total. The summed E-state index contributed by atoms with van der Waals surface area (Å²) in [4.78, 5) is 17.5. The molecule has 0 aliphatic carbocycles. The molecule has 0 aromatic heterocycles. The van der Waals surface area contributed by atoms with Crippen LogP contribution in [0.25, 0.3) is 0 Å². The zero-order valence-electron chi connectivity index (χ0n) is 12.9. The van der Waals surface area contributed by atoms with Gasteiger partial charge in [0.05, 0.1) is 6.10 Å². The number of amides is 1. The van der Waals surface area contributed by atoms with Crippen LogP contribution in [0.4, 0.5) is 0 Å². The molecule has 6 heteroatoms. The van der Waals surface area contributed by atoms with Crippen molar-refractivity contribution in [3.63, 3.8) is 0 Å². The van der Waals surface area contributed by atoms with Gasteiger partial charge in [0.15, 0.2) is 6.10 Å². The lowest BCUT2D eigenvalue weighted by molar-refractivity contribution is -0.115. The normalized spacial score (nSPS) is 17.8. The summed E-state index contributed by atoms with van der Waals surface area (Å²) < 4.78 is 0. The van der Waals surface area contributed by atoms with Crippen LogP contribution in [-0.2, 0) is 9.63 Å². The maximum atomic E-state index is 12.2. The summed E-state index contributed by atoms with van der Waals surface area (Å²) in [5.74, 6) is -0.348. The van der Waals surface area contributed by atoms with Crippen molar-refractivity contribution in [1.29, 1.82) is 0 Å². The largest absolute Gasteiger partial charge is 0.387 e. The third kappa shape index (κ3) is 3.75. The number of aliphatic hydroxyl groups excluding tert-OH is 1. The summed E-state index contributed by atoms with van der Waals surface area (Å²) in [6.07, 6.45) is -0.728. The molecule has 2 aromatic rings. The van der Waals surface area contributed by atoms with Crippen LogP contribution in [0, 0.1) is 0 Å². The molecule has 124 valence electrons. The predicted octanol–water partition coefficient (Wildman–Crippen LogP) is 3.01. The highest BCUT2D eigenvalue weighted by Gasteiger charge is 2.27. The van der Waals surface area contributed by atoms with E-state index in [9.17, 15) is 9.90 Å². The fourth-order valence-corrected chi connectivity index (χ4v) is 2.77. The van der Waals surface area contributed by atoms with Crippen molar-refractivity contribution in [2.45, 2.75) is 18.6 Å². The summed E-state index contributed by atoms with van der Waals surface area (Å²) in [6, 6.07) is 16.6. The summed E-state index contributed by atoms with van der Waals surface area (Å²) in [5.41, 5.74) is 1.86. The van der Waals surface area contributed by atoms with E-state index in [1.807, 2.05) is 30.3 Å². The predicted molar refractivity (Wildman–Crippen MR) is 91.7 cm³/mol. The summed E-state index contributed by atoms with van der Waals surface area (Å²) in [7, 11) is 0. The van der Waals surface area contributed by atoms with Gasteiger partial charge in [-0.05, 0) is 11.6 Å². The summed E-state index contributed by atoms with van der Waals surface area (Å²) in [5, 5.41) is 17.1. The Hall–Kier alpha value is -2.37. The number of oxime groups is 1. The second-order valence-electron chi connectivity index (χ2n) is 5.49. The zero-order valence-corrected chi connectivity index (χ0v) is 13.6. The van der Waals surface area contributed by atoms with Crippen molar-refractivity contribution in [3.8, 4) is 0 Å². The highest BCUT2D eigenvalue weighted by Crippen LogP contribution is 2.27. The number of hydrogen-bond donors (Lipinski definition) is 2. The standard InChI is InChI=1S/C18H17ClN2O3/c19-14-9-5-4-8-13(14)16(22)11-20-18(23)15-10-17(24-21-15)12-6-2-1-3-7-12/h1-9,16-17,22H,10-11H2,(H,20,23)/t16-,17+/m1/s1. The number of aliphatic hydroxyl groups is 1. The molecular weight excluding hydrogens is 328 g/mol. The SMILES string of the molecule is O=C(NC[C@@H](O)c1ccccc1Cl)C1=NO[C@H](c2ccccc2)C1. The van der Waals surface area contributed by atoms with Crippen LogP contribution in [0.15, 0.2) is 59.8 Å². The van der Waals surface area contributed by atoms with Crippen molar-refractivity contribution in [3.05, 3.63) is 70.7 Å². The molecule has 0 bridgehead atoms. The van der Waals surface area contributed by atoms with Gasteiger partial charge in [0.2, 0.25) is 0 Å². The Morgan fingerprint density at radius 3 is 2.71 bits per heavy atom. The monoisotopic (exact) mass is 344 g/mol. The molecule has 24 heavy (non-hydrogen) atoms. The molecule has 2 atom stereocenters. The third-order valence-corrected chi connectivity index (χ3v) is 4.17. The van der Waals surface area contributed by atoms with Crippen LogP contribution >= 0.6 is 11.6 Å². The van der Waals surface area contributed by atoms with Gasteiger partial charge in [0, 0.05) is 23.6 Å². The lowest BCUT2D eigenvalue weighted by Gasteiger charge is -2.13. The van der Waals surface area contributed by atoms with E-state index in [4.69, 9.17) is 16.4 Å². The number of hydrogen-bond acceptors (Lipinski definition) is 4. The first-order valence-electron chi connectivity index (χ1n) is 7.63. The Balaban J connectivity index is 1.54. The smallest absolute Gasteiger partial charge is 0.269 e. The summed E-state index contributed by atoms with van der Waals surface area (Å²) >= 11 is 6.03. The van der Waals surface area contributed by atoms with E-state index >= 15 is 0 Å². The lowest BCUT2D eigenvalue weighted by Crippen LogP contribution is -2.33. The Morgan fingerprint density at radius 1 is 1.25 bits per heavy atom. The van der Waals surface area contributed by atoms with Crippen LogP contribution in [0.3, 0.4) is 0 Å². The Labute approximate surface area is 144 Å². The number of nitrogens with one attached hydrogen (secondary N) is 1. The summed E-state index contributed by atoms with van der Waals surface area (Å²) in [6.45, 7) is 0.0532. The minimum atomic E-state index is -0.879.